The van der Waals surface area contributed by atoms with Crippen LogP contribution in [-0.4, -0.2) is 11.1 Å². The molecule has 0 unspecified atom stereocenters. The molecule has 0 radical (unpaired) electrons. The van der Waals surface area contributed by atoms with Gasteiger partial charge in [-0.2, -0.15) is 0 Å². The van der Waals surface area contributed by atoms with Gasteiger partial charge >= 0.3 is 5.97 Å². The van der Waals surface area contributed by atoms with E-state index in [9.17, 15) is 4.79 Å². The molecule has 0 heterocycles. The highest BCUT2D eigenvalue weighted by molar-refractivity contribution is 6.32. The van der Waals surface area contributed by atoms with Gasteiger partial charge in [-0.1, -0.05) is 66.7 Å². The first-order chi connectivity index (χ1) is 12.2. The number of carboxylic acid groups (broad SMARTS) is 1. The van der Waals surface area contributed by atoms with E-state index >= 15 is 0 Å². The summed E-state index contributed by atoms with van der Waals surface area (Å²) < 4.78 is 0. The number of aryl methyl sites for hydroxylation is 1. The van der Waals surface area contributed by atoms with Gasteiger partial charge in [-0.25, -0.2) is 0 Å². The van der Waals surface area contributed by atoms with E-state index in [1.807, 2.05) is 0 Å². The van der Waals surface area contributed by atoms with Crippen molar-refractivity contribution in [1.82, 2.24) is 0 Å². The summed E-state index contributed by atoms with van der Waals surface area (Å²) in [5, 5.41) is 19.0. The van der Waals surface area contributed by atoms with Gasteiger partial charge in [-0.15, -0.1) is 0 Å². The second kappa shape index (κ2) is 5.18. The molecule has 0 aromatic heterocycles. The van der Waals surface area contributed by atoms with Crippen LogP contribution in [0.2, 0.25) is 0 Å². The fourth-order valence-corrected chi connectivity index (χ4v) is 4.11. The molecule has 1 N–H and O–H groups in total. The number of rotatable bonds is 3. The minimum atomic E-state index is -0.755. The monoisotopic (exact) mass is 324 g/mol. The number of benzene rings is 5. The van der Waals surface area contributed by atoms with E-state index in [0.29, 0.717) is 6.42 Å². The predicted octanol–water partition coefficient (Wildman–Crippen LogP) is 5.75. The predicted molar refractivity (Wildman–Crippen MR) is 104 cm³/mol. The molecule has 5 rings (SSSR count). The van der Waals surface area contributed by atoms with E-state index in [0.717, 1.165) is 5.56 Å². The van der Waals surface area contributed by atoms with Crippen molar-refractivity contribution in [3.8, 4) is 0 Å². The van der Waals surface area contributed by atoms with Crippen LogP contribution in [0, 0.1) is 0 Å². The molecule has 5 aromatic rings. The molecule has 0 aliphatic rings. The van der Waals surface area contributed by atoms with Gasteiger partial charge in [-0.3, -0.25) is 4.79 Å². The van der Waals surface area contributed by atoms with Crippen LogP contribution < -0.4 is 0 Å². The lowest BCUT2D eigenvalue weighted by Crippen LogP contribution is -1.98. The highest BCUT2D eigenvalue weighted by Gasteiger charge is 2.13. The van der Waals surface area contributed by atoms with Crippen molar-refractivity contribution < 1.29 is 9.90 Å². The summed E-state index contributed by atoms with van der Waals surface area (Å²) in [6, 6.07) is 23.6. The Kier molecular flexibility index (Phi) is 2.95. The van der Waals surface area contributed by atoms with Crippen LogP contribution in [0.3, 0.4) is 0 Å². The lowest BCUT2D eigenvalue weighted by atomic mass is 9.88. The minimum Gasteiger partial charge on any atom is -0.481 e. The Hall–Kier alpha value is -3.13. The van der Waals surface area contributed by atoms with Crippen LogP contribution in [-0.2, 0) is 11.2 Å². The number of carboxylic acids is 1. The maximum absolute atomic E-state index is 11.0. The molecule has 25 heavy (non-hydrogen) atoms. The zero-order valence-electron chi connectivity index (χ0n) is 13.6. The SMILES string of the molecule is O=C(O)CCc1cc2cccc3c4cccc5cccc(c(c1)c23)c54. The summed E-state index contributed by atoms with van der Waals surface area (Å²) in [4.78, 5) is 11.0. The van der Waals surface area contributed by atoms with Gasteiger partial charge in [0.15, 0.2) is 0 Å². The van der Waals surface area contributed by atoms with Crippen LogP contribution in [0.25, 0.3) is 43.1 Å². The van der Waals surface area contributed by atoms with Crippen molar-refractivity contribution in [2.24, 2.45) is 0 Å². The van der Waals surface area contributed by atoms with E-state index in [2.05, 4.69) is 66.7 Å². The minimum absolute atomic E-state index is 0.158. The second-order valence-corrected chi connectivity index (χ2v) is 6.65. The van der Waals surface area contributed by atoms with Crippen LogP contribution in [0.5, 0.6) is 0 Å². The lowest BCUT2D eigenvalue weighted by molar-refractivity contribution is -0.136. The number of carbonyl (C=O) groups is 1. The van der Waals surface area contributed by atoms with Crippen molar-refractivity contribution >= 4 is 49.1 Å². The van der Waals surface area contributed by atoms with Crippen LogP contribution >= 0.6 is 0 Å². The van der Waals surface area contributed by atoms with Gasteiger partial charge < -0.3 is 5.11 Å². The van der Waals surface area contributed by atoms with E-state index in [-0.39, 0.29) is 6.42 Å². The highest BCUT2D eigenvalue weighted by Crippen LogP contribution is 2.40. The van der Waals surface area contributed by atoms with E-state index in [1.54, 1.807) is 0 Å². The Bertz CT molecular complexity index is 1260. The third-order valence-corrected chi connectivity index (χ3v) is 5.15. The topological polar surface area (TPSA) is 37.3 Å². The molecule has 2 nitrogen and oxygen atoms in total. The van der Waals surface area contributed by atoms with E-state index < -0.39 is 5.97 Å². The highest BCUT2D eigenvalue weighted by atomic mass is 16.4. The zero-order valence-corrected chi connectivity index (χ0v) is 13.6. The third kappa shape index (κ3) is 2.07. The number of fused-ring (bicyclic) bond motifs is 2. The van der Waals surface area contributed by atoms with Crippen molar-refractivity contribution in [2.75, 3.05) is 0 Å². The largest absolute Gasteiger partial charge is 0.481 e. The Morgan fingerprint density at radius 1 is 0.720 bits per heavy atom. The van der Waals surface area contributed by atoms with Crippen LogP contribution in [0.1, 0.15) is 12.0 Å². The average Bonchev–Trinajstić information content (AvgIpc) is 2.64. The normalized spacial score (nSPS) is 11.8. The molecule has 0 saturated carbocycles. The van der Waals surface area contributed by atoms with Crippen LogP contribution in [0.4, 0.5) is 0 Å². The fraction of sp³-hybridized carbons (Fsp3) is 0.0870. The Morgan fingerprint density at radius 3 is 1.92 bits per heavy atom. The number of hydrogen-bond donors (Lipinski definition) is 1. The molecule has 0 bridgehead atoms. The molecule has 5 aromatic carbocycles. The molecular formula is C23H16O2. The van der Waals surface area contributed by atoms with Gasteiger partial charge in [0, 0.05) is 6.42 Å². The molecular weight excluding hydrogens is 308 g/mol. The van der Waals surface area contributed by atoms with Crippen molar-refractivity contribution in [1.29, 1.82) is 0 Å². The van der Waals surface area contributed by atoms with Gasteiger partial charge in [0.25, 0.3) is 0 Å². The summed E-state index contributed by atoms with van der Waals surface area (Å²) in [5.74, 6) is -0.755. The summed E-state index contributed by atoms with van der Waals surface area (Å²) in [6.07, 6.45) is 0.714. The van der Waals surface area contributed by atoms with Crippen molar-refractivity contribution in [2.45, 2.75) is 12.8 Å². The maximum atomic E-state index is 11.0. The molecule has 0 atom stereocenters. The molecule has 2 heteroatoms. The summed E-state index contributed by atoms with van der Waals surface area (Å²) in [7, 11) is 0. The second-order valence-electron chi connectivity index (χ2n) is 6.65. The van der Waals surface area contributed by atoms with E-state index in [4.69, 9.17) is 5.11 Å². The van der Waals surface area contributed by atoms with Crippen molar-refractivity contribution in [3.63, 3.8) is 0 Å². The van der Waals surface area contributed by atoms with Gasteiger partial charge in [0.05, 0.1) is 0 Å². The molecule has 0 spiro atoms. The summed E-state index contributed by atoms with van der Waals surface area (Å²) in [5.41, 5.74) is 1.08. The molecule has 0 fully saturated rings. The number of aliphatic carboxylic acids is 1. The molecule has 120 valence electrons. The van der Waals surface area contributed by atoms with Crippen molar-refractivity contribution in [3.05, 3.63) is 72.3 Å². The first-order valence-corrected chi connectivity index (χ1v) is 8.52. The molecule has 0 saturated heterocycles. The Labute approximate surface area is 144 Å². The molecule has 0 amide bonds. The summed E-state index contributed by atoms with van der Waals surface area (Å²) >= 11 is 0. The van der Waals surface area contributed by atoms with Gasteiger partial charge in [0.2, 0.25) is 0 Å². The van der Waals surface area contributed by atoms with Crippen LogP contribution in [0.15, 0.2) is 66.7 Å². The van der Waals surface area contributed by atoms with Gasteiger partial charge in [0.1, 0.15) is 0 Å². The van der Waals surface area contributed by atoms with E-state index in [1.165, 1.54) is 43.1 Å². The fourth-order valence-electron chi connectivity index (χ4n) is 4.11. The van der Waals surface area contributed by atoms with Gasteiger partial charge in [-0.05, 0) is 55.1 Å². The number of hydrogen-bond acceptors (Lipinski definition) is 1. The Balaban J connectivity index is 1.97. The first-order valence-electron chi connectivity index (χ1n) is 8.52. The first kappa shape index (κ1) is 14.2. The lowest BCUT2D eigenvalue weighted by Gasteiger charge is -2.15. The Morgan fingerprint density at radius 2 is 1.28 bits per heavy atom. The zero-order chi connectivity index (χ0) is 17.0. The maximum Gasteiger partial charge on any atom is 0.303 e. The standard InChI is InChI=1S/C23H16O2/c24-21(25)11-10-14-12-16-6-3-8-18-17-7-1-4-15-5-2-9-19(22(15)17)20(13-14)23(16)18/h1-9,12-13H,10-11H2,(H,24,25). The average molecular weight is 324 g/mol. The smallest absolute Gasteiger partial charge is 0.303 e. The summed E-state index contributed by atoms with van der Waals surface area (Å²) in [6.45, 7) is 0. The molecule has 0 aliphatic heterocycles. The quantitative estimate of drug-likeness (QED) is 0.339. The molecule has 0 aliphatic carbocycles. The third-order valence-electron chi connectivity index (χ3n) is 5.15.